The van der Waals surface area contributed by atoms with Crippen LogP contribution in [0.4, 0.5) is 5.69 Å². The molecule has 1 amide bonds. The number of fused-ring (bicyclic) bond motifs is 1. The van der Waals surface area contributed by atoms with Crippen LogP contribution in [0.5, 0.6) is 5.75 Å². The smallest absolute Gasteiger partial charge is 0.264 e. The maximum Gasteiger partial charge on any atom is 0.264 e. The van der Waals surface area contributed by atoms with Gasteiger partial charge in [-0.1, -0.05) is 23.7 Å². The highest BCUT2D eigenvalue weighted by molar-refractivity contribution is 7.92. The molecule has 0 unspecified atom stereocenters. The third-order valence-corrected chi connectivity index (χ3v) is 5.72. The molecule has 24 heavy (non-hydrogen) atoms. The van der Waals surface area contributed by atoms with Crippen LogP contribution in [0.25, 0.3) is 0 Å². The van der Waals surface area contributed by atoms with E-state index >= 15 is 0 Å². The number of para-hydroxylation sites is 2. The van der Waals surface area contributed by atoms with Gasteiger partial charge in [0.05, 0.1) is 17.1 Å². The van der Waals surface area contributed by atoms with Gasteiger partial charge < -0.3 is 10.1 Å². The van der Waals surface area contributed by atoms with Crippen molar-refractivity contribution in [2.75, 3.05) is 17.9 Å². The van der Waals surface area contributed by atoms with Gasteiger partial charge in [-0.15, -0.1) is 0 Å². The second-order valence-electron chi connectivity index (χ2n) is 5.18. The molecule has 1 atom stereocenters. The van der Waals surface area contributed by atoms with E-state index in [0.29, 0.717) is 16.5 Å². The molecule has 126 valence electrons. The number of hydrogen-bond acceptors (Lipinski definition) is 4. The van der Waals surface area contributed by atoms with Crippen molar-refractivity contribution < 1.29 is 17.9 Å². The molecule has 0 saturated carbocycles. The minimum absolute atomic E-state index is 0.0965. The van der Waals surface area contributed by atoms with Gasteiger partial charge in [0.15, 0.2) is 6.10 Å². The van der Waals surface area contributed by atoms with Gasteiger partial charge in [0, 0.05) is 12.1 Å². The summed E-state index contributed by atoms with van der Waals surface area (Å²) in [5.41, 5.74) is 0.396. The van der Waals surface area contributed by atoms with Gasteiger partial charge in [0.25, 0.3) is 15.9 Å². The van der Waals surface area contributed by atoms with Crippen LogP contribution in [0.2, 0.25) is 5.02 Å². The Bertz CT molecular complexity index is 868. The summed E-state index contributed by atoms with van der Waals surface area (Å²) in [6.45, 7) is -0.109. The number of rotatable bonds is 3. The summed E-state index contributed by atoms with van der Waals surface area (Å²) in [7, 11) is -2.38. The highest BCUT2D eigenvalue weighted by Gasteiger charge is 2.37. The number of hydrogen-bond donors (Lipinski definition) is 1. The zero-order valence-electron chi connectivity index (χ0n) is 12.8. The predicted octanol–water partition coefficient (Wildman–Crippen LogP) is 2.04. The summed E-state index contributed by atoms with van der Waals surface area (Å²) in [5, 5.41) is 2.93. The lowest BCUT2D eigenvalue weighted by molar-refractivity contribution is -0.127. The molecule has 6 nitrogen and oxygen atoms in total. The molecule has 8 heteroatoms. The number of anilines is 1. The van der Waals surface area contributed by atoms with Gasteiger partial charge in [-0.25, -0.2) is 8.42 Å². The molecular formula is C16H15ClN2O4S. The number of likely N-dealkylation sites (N-methyl/N-ethyl adjacent to an activating group) is 1. The number of amides is 1. The van der Waals surface area contributed by atoms with E-state index in [9.17, 15) is 13.2 Å². The topological polar surface area (TPSA) is 75.7 Å². The average molecular weight is 367 g/mol. The number of carbonyl (C=O) groups is 1. The predicted molar refractivity (Wildman–Crippen MR) is 90.9 cm³/mol. The Morgan fingerprint density at radius 2 is 1.88 bits per heavy atom. The standard InChI is InChI=1S/C16H15ClN2O4S/c1-18-16(20)15-10-19(13-4-2-3-5-14(13)23-15)24(21,22)12-8-6-11(17)7-9-12/h2-9,15H,10H2,1H3,(H,18,20)/t15-/m1/s1. The van der Waals surface area contributed by atoms with Gasteiger partial charge >= 0.3 is 0 Å². The largest absolute Gasteiger partial charge is 0.476 e. The van der Waals surface area contributed by atoms with Crippen LogP contribution in [0, 0.1) is 0 Å². The van der Waals surface area contributed by atoms with E-state index in [0.717, 1.165) is 0 Å². The van der Waals surface area contributed by atoms with Crippen LogP contribution in [0.1, 0.15) is 0 Å². The van der Waals surface area contributed by atoms with Crippen LogP contribution in [-0.2, 0) is 14.8 Å². The number of nitrogens with zero attached hydrogens (tertiary/aromatic N) is 1. The number of carbonyl (C=O) groups excluding carboxylic acids is 1. The summed E-state index contributed by atoms with van der Waals surface area (Å²) >= 11 is 5.83. The molecule has 0 radical (unpaired) electrons. The second kappa shape index (κ2) is 6.33. The third-order valence-electron chi connectivity index (χ3n) is 3.68. The van der Waals surface area contributed by atoms with Crippen molar-refractivity contribution in [2.24, 2.45) is 0 Å². The highest BCUT2D eigenvalue weighted by atomic mass is 35.5. The van der Waals surface area contributed by atoms with Crippen molar-refractivity contribution in [3.05, 3.63) is 53.6 Å². The summed E-state index contributed by atoms with van der Waals surface area (Å²) < 4.78 is 32.8. The zero-order chi connectivity index (χ0) is 17.3. The van der Waals surface area contributed by atoms with Gasteiger partial charge in [0.2, 0.25) is 0 Å². The molecule has 1 aliphatic rings. The second-order valence-corrected chi connectivity index (χ2v) is 7.48. The Morgan fingerprint density at radius 3 is 2.54 bits per heavy atom. The average Bonchev–Trinajstić information content (AvgIpc) is 2.60. The number of nitrogens with one attached hydrogen (secondary N) is 1. The van der Waals surface area contributed by atoms with Crippen LogP contribution in [-0.4, -0.2) is 34.0 Å². The van der Waals surface area contributed by atoms with Gasteiger partial charge in [0.1, 0.15) is 5.75 Å². The first-order valence-corrected chi connectivity index (χ1v) is 9.01. The van der Waals surface area contributed by atoms with Crippen molar-refractivity contribution in [2.45, 2.75) is 11.0 Å². The van der Waals surface area contributed by atoms with E-state index in [1.165, 1.54) is 35.6 Å². The monoisotopic (exact) mass is 366 g/mol. The maximum absolute atomic E-state index is 13.0. The minimum atomic E-state index is -3.85. The van der Waals surface area contributed by atoms with E-state index in [1.54, 1.807) is 24.3 Å². The molecule has 0 aliphatic carbocycles. The number of halogens is 1. The van der Waals surface area contributed by atoms with E-state index in [-0.39, 0.29) is 17.3 Å². The molecule has 0 bridgehead atoms. The summed E-state index contributed by atoms with van der Waals surface area (Å²) in [4.78, 5) is 12.1. The quantitative estimate of drug-likeness (QED) is 0.902. The normalized spacial score (nSPS) is 16.9. The lowest BCUT2D eigenvalue weighted by Crippen LogP contribution is -2.50. The van der Waals surface area contributed by atoms with E-state index in [4.69, 9.17) is 16.3 Å². The van der Waals surface area contributed by atoms with Crippen LogP contribution in [0.3, 0.4) is 0 Å². The molecule has 1 aliphatic heterocycles. The number of ether oxygens (including phenoxy) is 1. The van der Waals surface area contributed by atoms with Gasteiger partial charge in [-0.3, -0.25) is 9.10 Å². The van der Waals surface area contributed by atoms with Crippen molar-refractivity contribution >= 4 is 33.2 Å². The molecule has 2 aromatic carbocycles. The third kappa shape index (κ3) is 2.92. The summed E-state index contributed by atoms with van der Waals surface area (Å²) in [6.07, 6.45) is -0.924. The zero-order valence-corrected chi connectivity index (χ0v) is 14.3. The van der Waals surface area contributed by atoms with Crippen LogP contribution >= 0.6 is 11.6 Å². The lowest BCUT2D eigenvalue weighted by Gasteiger charge is -2.34. The number of sulfonamides is 1. The molecule has 2 aromatic rings. The van der Waals surface area contributed by atoms with Crippen molar-refractivity contribution in [3.8, 4) is 5.75 Å². The first-order valence-electron chi connectivity index (χ1n) is 7.19. The van der Waals surface area contributed by atoms with Crippen molar-refractivity contribution in [1.82, 2.24) is 5.32 Å². The Morgan fingerprint density at radius 1 is 1.21 bits per heavy atom. The first-order chi connectivity index (χ1) is 11.4. The van der Waals surface area contributed by atoms with Gasteiger partial charge in [-0.05, 0) is 36.4 Å². The van der Waals surface area contributed by atoms with Crippen LogP contribution in [0.15, 0.2) is 53.4 Å². The molecule has 3 rings (SSSR count). The molecule has 0 fully saturated rings. The molecule has 0 saturated heterocycles. The first kappa shape index (κ1) is 16.6. The molecule has 0 spiro atoms. The Hall–Kier alpha value is -2.25. The Balaban J connectivity index is 2.07. The van der Waals surface area contributed by atoms with E-state index in [2.05, 4.69) is 5.32 Å². The highest BCUT2D eigenvalue weighted by Crippen LogP contribution is 2.36. The van der Waals surface area contributed by atoms with E-state index < -0.39 is 16.1 Å². The molecule has 0 aromatic heterocycles. The SMILES string of the molecule is CNC(=O)[C@H]1CN(S(=O)(=O)c2ccc(Cl)cc2)c2ccccc2O1. The maximum atomic E-state index is 13.0. The fourth-order valence-corrected chi connectivity index (χ4v) is 4.06. The van der Waals surface area contributed by atoms with E-state index in [1.807, 2.05) is 0 Å². The minimum Gasteiger partial charge on any atom is -0.476 e. The fourth-order valence-electron chi connectivity index (χ4n) is 2.46. The number of benzene rings is 2. The van der Waals surface area contributed by atoms with Crippen molar-refractivity contribution in [3.63, 3.8) is 0 Å². The Kier molecular flexibility index (Phi) is 4.38. The fraction of sp³-hybridized carbons (Fsp3) is 0.188. The molecular weight excluding hydrogens is 352 g/mol. The Labute approximate surface area is 145 Å². The molecule has 1 N–H and O–H groups in total. The van der Waals surface area contributed by atoms with Gasteiger partial charge in [-0.2, -0.15) is 0 Å². The van der Waals surface area contributed by atoms with Crippen LogP contribution < -0.4 is 14.4 Å². The molecule has 1 heterocycles. The summed E-state index contributed by atoms with van der Waals surface area (Å²) in [5.74, 6) is -0.0457. The summed E-state index contributed by atoms with van der Waals surface area (Å²) in [6, 6.07) is 12.6. The van der Waals surface area contributed by atoms with Crippen molar-refractivity contribution in [1.29, 1.82) is 0 Å². The lowest BCUT2D eigenvalue weighted by atomic mass is 10.2.